The molecule has 0 spiro atoms. The Bertz CT molecular complexity index is 678. The number of methoxy groups -OCH3 is 1. The number of ether oxygens (including phenoxy) is 2. The van der Waals surface area contributed by atoms with Crippen LogP contribution in [0.5, 0.6) is 11.5 Å². The average molecular weight is 500 g/mol. The molecule has 1 rings (SSSR count). The van der Waals surface area contributed by atoms with Crippen molar-refractivity contribution < 1.29 is 40.2 Å². The molecule has 26 heavy (non-hydrogen) atoms. The predicted molar refractivity (Wildman–Crippen MR) is 88.1 cm³/mol. The van der Waals surface area contributed by atoms with E-state index in [9.17, 15) is 30.7 Å². The first-order valence-corrected chi connectivity index (χ1v) is 7.69. The average Bonchev–Trinajstić information content (AvgIpc) is 2.52. The van der Waals surface area contributed by atoms with Gasteiger partial charge in [-0.05, 0) is 40.3 Å². The molecule has 0 atom stereocenters. The summed E-state index contributed by atoms with van der Waals surface area (Å²) in [6.07, 6.45) is -4.33. The van der Waals surface area contributed by atoms with E-state index in [1.54, 1.807) is 0 Å². The van der Waals surface area contributed by atoms with Gasteiger partial charge < -0.3 is 9.47 Å². The van der Waals surface area contributed by atoms with Crippen molar-refractivity contribution in [2.24, 2.45) is 5.10 Å². The molecule has 0 amide bonds. The van der Waals surface area contributed by atoms with Crippen LogP contribution in [-0.4, -0.2) is 38.1 Å². The summed E-state index contributed by atoms with van der Waals surface area (Å²) < 4.78 is 98.5. The first kappa shape index (κ1) is 22.3. The van der Waals surface area contributed by atoms with E-state index < -0.39 is 18.1 Å². The molecule has 0 unspecified atom stereocenters. The molecule has 0 aliphatic heterocycles. The summed E-state index contributed by atoms with van der Waals surface area (Å²) in [6, 6.07) is -3.00. The summed E-state index contributed by atoms with van der Waals surface area (Å²) in [5.41, 5.74) is 0.632. The number of alkyl halides is 7. The molecule has 12 heteroatoms. The third-order valence-corrected chi connectivity index (χ3v) is 3.57. The van der Waals surface area contributed by atoms with Crippen LogP contribution in [0.15, 0.2) is 29.9 Å². The van der Waals surface area contributed by atoms with Gasteiger partial charge in [-0.25, -0.2) is 5.43 Å². The fourth-order valence-electron chi connectivity index (χ4n) is 1.53. The lowest BCUT2D eigenvalue weighted by Gasteiger charge is -2.27. The second-order valence-electron chi connectivity index (χ2n) is 4.65. The van der Waals surface area contributed by atoms with Crippen LogP contribution < -0.4 is 14.9 Å². The largest absolute Gasteiger partial charge is 0.493 e. The molecule has 0 saturated heterocycles. The number of hydrazone groups is 1. The molecule has 0 radical (unpaired) electrons. The van der Waals surface area contributed by atoms with Gasteiger partial charge in [-0.1, -0.05) is 12.7 Å². The van der Waals surface area contributed by atoms with Crippen molar-refractivity contribution in [3.05, 3.63) is 33.9 Å². The normalized spacial score (nSPS) is 13.0. The van der Waals surface area contributed by atoms with Crippen molar-refractivity contribution in [3.63, 3.8) is 0 Å². The van der Waals surface area contributed by atoms with Crippen LogP contribution in [0.1, 0.15) is 5.56 Å². The van der Waals surface area contributed by atoms with E-state index in [0.29, 0.717) is 21.0 Å². The van der Waals surface area contributed by atoms with Crippen LogP contribution in [0.4, 0.5) is 30.7 Å². The van der Waals surface area contributed by atoms with E-state index in [0.717, 1.165) is 0 Å². The second kappa shape index (κ2) is 8.31. The highest BCUT2D eigenvalue weighted by atomic mass is 127. The number of hydrogen-bond donors (Lipinski definition) is 1. The molecule has 0 saturated carbocycles. The summed E-state index contributed by atoms with van der Waals surface area (Å²) in [4.78, 5) is 0. The molecule has 0 fully saturated rings. The quantitative estimate of drug-likeness (QED) is 0.142. The number of halogens is 8. The maximum absolute atomic E-state index is 13.1. The monoisotopic (exact) mass is 500 g/mol. The van der Waals surface area contributed by atoms with Crippen molar-refractivity contribution in [2.45, 2.75) is 18.1 Å². The molecule has 1 aromatic carbocycles. The van der Waals surface area contributed by atoms with Crippen LogP contribution in [-0.2, 0) is 0 Å². The zero-order chi connectivity index (χ0) is 20.2. The topological polar surface area (TPSA) is 42.8 Å². The fraction of sp³-hybridized carbons (Fsp3) is 0.357. The van der Waals surface area contributed by atoms with E-state index in [2.05, 4.69) is 11.7 Å². The predicted octanol–water partition coefficient (Wildman–Crippen LogP) is 4.58. The molecule has 0 aromatic heterocycles. The number of nitrogens with one attached hydrogen (secondary N) is 1. The van der Waals surface area contributed by atoms with Gasteiger partial charge in [0.05, 0.1) is 16.9 Å². The molecule has 0 aliphatic rings. The third kappa shape index (κ3) is 4.92. The van der Waals surface area contributed by atoms with Crippen molar-refractivity contribution in [1.29, 1.82) is 0 Å². The SMILES string of the molecule is C=CCOc1c(I)cc(/C=N\NC(F)(F)C(F)(F)C(F)(F)F)cc1OC. The van der Waals surface area contributed by atoms with Crippen LogP contribution in [0.25, 0.3) is 0 Å². The number of nitrogens with zero attached hydrogens (tertiary/aromatic N) is 1. The number of rotatable bonds is 8. The van der Waals surface area contributed by atoms with Gasteiger partial charge in [0.1, 0.15) is 6.61 Å². The van der Waals surface area contributed by atoms with Crippen LogP contribution in [0, 0.1) is 3.57 Å². The maximum Gasteiger partial charge on any atom is 0.462 e. The van der Waals surface area contributed by atoms with E-state index in [4.69, 9.17) is 9.47 Å². The fourth-order valence-corrected chi connectivity index (χ4v) is 2.31. The van der Waals surface area contributed by atoms with Crippen LogP contribution >= 0.6 is 22.6 Å². The van der Waals surface area contributed by atoms with Crippen LogP contribution in [0.2, 0.25) is 0 Å². The van der Waals surface area contributed by atoms with E-state index in [1.807, 2.05) is 22.6 Å². The van der Waals surface area contributed by atoms with E-state index in [-0.39, 0.29) is 17.9 Å². The van der Waals surface area contributed by atoms with Gasteiger partial charge in [0, 0.05) is 0 Å². The minimum Gasteiger partial charge on any atom is -0.493 e. The zero-order valence-electron chi connectivity index (χ0n) is 13.0. The van der Waals surface area contributed by atoms with Gasteiger partial charge in [-0.3, -0.25) is 0 Å². The Hall–Kier alpha value is -1.73. The van der Waals surface area contributed by atoms with Gasteiger partial charge in [0.15, 0.2) is 11.5 Å². The first-order valence-electron chi connectivity index (χ1n) is 6.61. The summed E-state index contributed by atoms with van der Waals surface area (Å²) in [5, 5.41) is 2.78. The molecule has 0 heterocycles. The molecule has 0 bridgehead atoms. The molecule has 0 aliphatic carbocycles. The van der Waals surface area contributed by atoms with E-state index >= 15 is 0 Å². The van der Waals surface area contributed by atoms with Crippen molar-refractivity contribution in [1.82, 2.24) is 5.43 Å². The van der Waals surface area contributed by atoms with E-state index in [1.165, 1.54) is 25.3 Å². The smallest absolute Gasteiger partial charge is 0.462 e. The molecule has 146 valence electrons. The lowest BCUT2D eigenvalue weighted by atomic mass is 10.2. The lowest BCUT2D eigenvalue weighted by molar-refractivity contribution is -0.361. The Balaban J connectivity index is 3.02. The standard InChI is InChI=1S/C14H12F7IN2O2/c1-3-4-26-11-9(22)5-8(6-10(11)25-2)7-23-24-14(20,21)12(15,16)13(17,18)19/h3,5-7,24H,1,4H2,2H3/b23-7-. The van der Waals surface area contributed by atoms with Gasteiger partial charge in [-0.2, -0.15) is 35.8 Å². The minimum atomic E-state index is -6.44. The van der Waals surface area contributed by atoms with Crippen LogP contribution in [0.3, 0.4) is 0 Å². The highest BCUT2D eigenvalue weighted by Gasteiger charge is 2.73. The summed E-state index contributed by atoms with van der Waals surface area (Å²) in [6.45, 7) is 3.62. The third-order valence-electron chi connectivity index (χ3n) is 2.77. The summed E-state index contributed by atoms with van der Waals surface area (Å²) in [5.74, 6) is -5.81. The summed E-state index contributed by atoms with van der Waals surface area (Å²) in [7, 11) is 1.30. The Morgan fingerprint density at radius 1 is 1.19 bits per heavy atom. The molecular formula is C14H12F7IN2O2. The molecule has 4 nitrogen and oxygen atoms in total. The Labute approximate surface area is 157 Å². The Morgan fingerprint density at radius 3 is 2.31 bits per heavy atom. The van der Waals surface area contributed by atoms with Gasteiger partial charge >= 0.3 is 18.1 Å². The second-order valence-corrected chi connectivity index (χ2v) is 5.81. The Kier molecular flexibility index (Phi) is 7.13. The van der Waals surface area contributed by atoms with Gasteiger partial charge in [-0.15, -0.1) is 0 Å². The number of benzene rings is 1. The van der Waals surface area contributed by atoms with Gasteiger partial charge in [0.2, 0.25) is 0 Å². The van der Waals surface area contributed by atoms with Crippen molar-refractivity contribution in [3.8, 4) is 11.5 Å². The minimum absolute atomic E-state index is 0.0934. The van der Waals surface area contributed by atoms with Crippen molar-refractivity contribution >= 4 is 28.8 Å². The first-order chi connectivity index (χ1) is 11.9. The molecular weight excluding hydrogens is 488 g/mol. The Morgan fingerprint density at radius 2 is 1.81 bits per heavy atom. The lowest BCUT2D eigenvalue weighted by Crippen LogP contribution is -2.58. The number of hydrogen-bond acceptors (Lipinski definition) is 4. The molecule has 1 aromatic rings. The van der Waals surface area contributed by atoms with Crippen molar-refractivity contribution in [2.75, 3.05) is 13.7 Å². The maximum atomic E-state index is 13.1. The van der Waals surface area contributed by atoms with Gasteiger partial charge in [0.25, 0.3) is 0 Å². The zero-order valence-corrected chi connectivity index (χ0v) is 15.2. The molecule has 1 N–H and O–H groups in total. The highest BCUT2D eigenvalue weighted by Crippen LogP contribution is 2.45. The summed E-state index contributed by atoms with van der Waals surface area (Å²) >= 11 is 1.83. The highest BCUT2D eigenvalue weighted by molar-refractivity contribution is 14.1.